The summed E-state index contributed by atoms with van der Waals surface area (Å²) in [6.07, 6.45) is 0. The lowest BCUT2D eigenvalue weighted by molar-refractivity contribution is 0.0682. The Labute approximate surface area is 230 Å². The van der Waals surface area contributed by atoms with E-state index < -0.39 is 49.6 Å². The molecule has 0 fully saturated rings. The summed E-state index contributed by atoms with van der Waals surface area (Å²) in [6.45, 7) is 1.65. The van der Waals surface area contributed by atoms with Gasteiger partial charge in [-0.25, -0.2) is 9.59 Å². The Bertz CT molecular complexity index is 1810. The first-order valence-corrected chi connectivity index (χ1v) is 12.7. The molecule has 41 heavy (non-hydrogen) atoms. The molecule has 1 aromatic heterocycles. The van der Waals surface area contributed by atoms with Crippen molar-refractivity contribution in [3.8, 4) is 17.2 Å². The minimum absolute atomic E-state index is 0.0358. The van der Waals surface area contributed by atoms with Crippen LogP contribution in [0.3, 0.4) is 0 Å². The monoisotopic (exact) mass is 584 g/mol. The van der Waals surface area contributed by atoms with E-state index in [1.165, 1.54) is 18.2 Å². The van der Waals surface area contributed by atoms with Crippen molar-refractivity contribution < 1.29 is 48.1 Å². The molecule has 0 aliphatic carbocycles. The van der Waals surface area contributed by atoms with Crippen molar-refractivity contribution in [3.63, 3.8) is 0 Å². The number of nitrogens with one attached hydrogen (secondary N) is 3. The van der Waals surface area contributed by atoms with Gasteiger partial charge in [0.25, 0.3) is 10.1 Å². The van der Waals surface area contributed by atoms with Crippen molar-refractivity contribution >= 4 is 57.0 Å². The second-order valence-corrected chi connectivity index (χ2v) is 9.76. The van der Waals surface area contributed by atoms with Crippen LogP contribution in [0.4, 0.5) is 34.9 Å². The standard InChI is InChI=1S/C24H20N6O10S/c1-10-6-11(2-4-16(10)31)25-22-28-23(26-12-3-5-17(32)14(7-12)20(34)35)30-24(29-22)27-13-8-15(21(36)37)19(33)18(9-13)41(38,39)40/h2-9,31-33H,1H3,(H,34,35)(H,36,37)(H,38,39,40)(H3,25,26,27,28,29,30). The molecule has 0 aliphatic heterocycles. The first-order chi connectivity index (χ1) is 19.2. The van der Waals surface area contributed by atoms with Crippen molar-refractivity contribution in [2.75, 3.05) is 16.0 Å². The molecule has 0 unspecified atom stereocenters. The first-order valence-electron chi connectivity index (χ1n) is 11.2. The van der Waals surface area contributed by atoms with Crippen molar-refractivity contribution in [1.82, 2.24) is 15.0 Å². The molecule has 3 aromatic carbocycles. The van der Waals surface area contributed by atoms with Crippen molar-refractivity contribution in [3.05, 3.63) is 65.2 Å². The van der Waals surface area contributed by atoms with Gasteiger partial charge in [-0.3, -0.25) is 4.55 Å². The van der Waals surface area contributed by atoms with Gasteiger partial charge in [0.15, 0.2) is 5.75 Å². The summed E-state index contributed by atoms with van der Waals surface area (Å²) in [6, 6.07) is 9.73. The van der Waals surface area contributed by atoms with Gasteiger partial charge in [-0.2, -0.15) is 23.4 Å². The highest BCUT2D eigenvalue weighted by atomic mass is 32.2. The molecule has 4 rings (SSSR count). The van der Waals surface area contributed by atoms with Crippen LogP contribution in [0.15, 0.2) is 53.4 Å². The van der Waals surface area contributed by atoms with Crippen molar-refractivity contribution in [2.45, 2.75) is 11.8 Å². The fraction of sp³-hybridized carbons (Fsp3) is 0.0417. The molecule has 0 bridgehead atoms. The summed E-state index contributed by atoms with van der Waals surface area (Å²) >= 11 is 0. The Morgan fingerprint density at radius 3 is 1.63 bits per heavy atom. The van der Waals surface area contributed by atoms with Gasteiger partial charge < -0.3 is 41.5 Å². The Morgan fingerprint density at radius 1 is 0.683 bits per heavy atom. The second-order valence-electron chi connectivity index (χ2n) is 8.37. The molecule has 9 N–H and O–H groups in total. The smallest absolute Gasteiger partial charge is 0.339 e. The fourth-order valence-corrected chi connectivity index (χ4v) is 4.12. The van der Waals surface area contributed by atoms with Crippen molar-refractivity contribution in [2.24, 2.45) is 0 Å². The van der Waals surface area contributed by atoms with Gasteiger partial charge in [0, 0.05) is 17.1 Å². The van der Waals surface area contributed by atoms with E-state index in [9.17, 15) is 48.1 Å². The van der Waals surface area contributed by atoms with E-state index in [0.29, 0.717) is 11.3 Å². The summed E-state index contributed by atoms with van der Waals surface area (Å²) in [5.41, 5.74) is -0.409. The zero-order chi connectivity index (χ0) is 30.1. The number of hydrogen-bond acceptors (Lipinski definition) is 13. The van der Waals surface area contributed by atoms with Gasteiger partial charge >= 0.3 is 11.9 Å². The molecular formula is C24H20N6O10S. The molecule has 0 radical (unpaired) electrons. The molecule has 0 spiro atoms. The minimum Gasteiger partial charge on any atom is -0.508 e. The summed E-state index contributed by atoms with van der Waals surface area (Å²) < 4.78 is 32.9. The number of benzene rings is 3. The third-order valence-corrected chi connectivity index (χ3v) is 6.28. The van der Waals surface area contributed by atoms with E-state index in [0.717, 1.165) is 24.3 Å². The third kappa shape index (κ3) is 6.49. The van der Waals surface area contributed by atoms with Crippen LogP contribution in [0.1, 0.15) is 26.3 Å². The topological polar surface area (TPSA) is 264 Å². The van der Waals surface area contributed by atoms with Crippen LogP contribution in [0.25, 0.3) is 0 Å². The fourth-order valence-electron chi connectivity index (χ4n) is 3.49. The number of hydrogen-bond donors (Lipinski definition) is 9. The number of carbonyl (C=O) groups is 2. The maximum atomic E-state index is 11.7. The van der Waals surface area contributed by atoms with Crippen LogP contribution in [0.2, 0.25) is 0 Å². The average molecular weight is 585 g/mol. The molecule has 1 heterocycles. The molecule has 0 amide bonds. The summed E-state index contributed by atoms with van der Waals surface area (Å²) in [5.74, 6) is -5.31. The van der Waals surface area contributed by atoms with Crippen LogP contribution >= 0.6 is 0 Å². The number of carboxylic acid groups (broad SMARTS) is 2. The highest BCUT2D eigenvalue weighted by molar-refractivity contribution is 7.86. The molecular weight excluding hydrogens is 564 g/mol. The van der Waals surface area contributed by atoms with Gasteiger partial charge in [0.05, 0.1) is 0 Å². The highest BCUT2D eigenvalue weighted by Crippen LogP contribution is 2.32. The number of phenolic OH excluding ortho intramolecular Hbond substituents is 1. The third-order valence-electron chi connectivity index (χ3n) is 5.41. The summed E-state index contributed by atoms with van der Waals surface area (Å²) in [4.78, 5) is 34.4. The van der Waals surface area contributed by atoms with Gasteiger partial charge in [-0.05, 0) is 61.0 Å². The normalized spacial score (nSPS) is 11.1. The zero-order valence-electron chi connectivity index (χ0n) is 20.7. The molecule has 0 atom stereocenters. The molecule has 0 aliphatic rings. The Kier molecular flexibility index (Phi) is 7.48. The number of aryl methyl sites for hydroxylation is 1. The number of phenols is 3. The van der Waals surface area contributed by atoms with Crippen LogP contribution in [0, 0.1) is 6.92 Å². The maximum Gasteiger partial charge on any atom is 0.339 e. The van der Waals surface area contributed by atoms with Crippen LogP contribution in [-0.2, 0) is 10.1 Å². The maximum absolute atomic E-state index is 11.7. The minimum atomic E-state index is -5.04. The second kappa shape index (κ2) is 10.8. The van der Waals surface area contributed by atoms with E-state index in [1.54, 1.807) is 13.0 Å². The number of anilines is 6. The van der Waals surface area contributed by atoms with Gasteiger partial charge in [-0.15, -0.1) is 0 Å². The SMILES string of the molecule is Cc1cc(Nc2nc(Nc3ccc(O)c(C(=O)O)c3)nc(Nc3cc(C(=O)O)c(O)c(S(=O)(=O)O)c3)n2)ccc1O. The lowest BCUT2D eigenvalue weighted by Crippen LogP contribution is -2.09. The van der Waals surface area contributed by atoms with E-state index >= 15 is 0 Å². The molecule has 212 valence electrons. The molecule has 16 nitrogen and oxygen atoms in total. The number of nitrogens with zero attached hydrogens (tertiary/aromatic N) is 3. The molecule has 17 heteroatoms. The first kappa shape index (κ1) is 28.3. The van der Waals surface area contributed by atoms with Crippen LogP contribution < -0.4 is 16.0 Å². The Hall–Kier alpha value is -5.68. The number of aromatic carboxylic acids is 2. The quantitative estimate of drug-likeness (QED) is 0.101. The summed E-state index contributed by atoms with van der Waals surface area (Å²) in [7, 11) is -5.04. The van der Waals surface area contributed by atoms with Crippen molar-refractivity contribution in [1.29, 1.82) is 0 Å². The number of carboxylic acids is 2. The van der Waals surface area contributed by atoms with Crippen LogP contribution in [-0.4, -0.2) is 65.4 Å². The lowest BCUT2D eigenvalue weighted by Gasteiger charge is -2.14. The van der Waals surface area contributed by atoms with E-state index in [4.69, 9.17) is 0 Å². The predicted octanol–water partition coefficient (Wildman–Crippen LogP) is 3.17. The molecule has 4 aromatic rings. The average Bonchev–Trinajstić information content (AvgIpc) is 2.87. The molecule has 0 saturated carbocycles. The number of aromatic hydroxyl groups is 3. The zero-order valence-corrected chi connectivity index (χ0v) is 21.5. The van der Waals surface area contributed by atoms with Gasteiger partial charge in [0.1, 0.15) is 27.5 Å². The number of rotatable bonds is 9. The summed E-state index contributed by atoms with van der Waals surface area (Å²) in [5, 5.41) is 56.5. The van der Waals surface area contributed by atoms with Crippen LogP contribution in [0.5, 0.6) is 17.2 Å². The lowest BCUT2D eigenvalue weighted by atomic mass is 10.2. The van der Waals surface area contributed by atoms with Gasteiger partial charge in [0.2, 0.25) is 17.8 Å². The van der Waals surface area contributed by atoms with E-state index in [1.807, 2.05) is 0 Å². The Morgan fingerprint density at radius 2 is 1.15 bits per heavy atom. The Balaban J connectivity index is 1.79. The number of aromatic nitrogens is 3. The van der Waals surface area contributed by atoms with E-state index in [-0.39, 0.29) is 35.0 Å². The molecule has 0 saturated heterocycles. The van der Waals surface area contributed by atoms with E-state index in [2.05, 4.69) is 30.9 Å². The highest BCUT2D eigenvalue weighted by Gasteiger charge is 2.24. The predicted molar refractivity (Wildman–Crippen MR) is 142 cm³/mol. The van der Waals surface area contributed by atoms with Gasteiger partial charge in [-0.1, -0.05) is 0 Å². The largest absolute Gasteiger partial charge is 0.508 e.